The fourth-order valence-electron chi connectivity index (χ4n) is 1.99. The summed E-state index contributed by atoms with van der Waals surface area (Å²) >= 11 is 0. The predicted octanol–water partition coefficient (Wildman–Crippen LogP) is 2.21. The van der Waals surface area contributed by atoms with Crippen molar-refractivity contribution in [3.8, 4) is 0 Å². The lowest BCUT2D eigenvalue weighted by molar-refractivity contribution is 0.232. The molecule has 0 spiro atoms. The third kappa shape index (κ3) is 1.34. The summed E-state index contributed by atoms with van der Waals surface area (Å²) in [4.78, 5) is 0. The van der Waals surface area contributed by atoms with Crippen molar-refractivity contribution in [3.63, 3.8) is 0 Å². The Morgan fingerprint density at radius 1 is 1.10 bits per heavy atom. The number of epoxide rings is 1. The second kappa shape index (κ2) is 2.54. The maximum absolute atomic E-state index is 5.28. The van der Waals surface area contributed by atoms with Gasteiger partial charge in [-0.15, -0.1) is 0 Å². The average Bonchev–Trinajstić information content (AvgIpc) is 2.71. The molecule has 1 saturated carbocycles. The minimum absolute atomic E-state index is 0.674. The van der Waals surface area contributed by atoms with Crippen LogP contribution in [0, 0.1) is 11.8 Å². The van der Waals surface area contributed by atoms with Crippen LogP contribution in [0.1, 0.15) is 32.6 Å². The van der Waals surface area contributed by atoms with E-state index in [4.69, 9.17) is 4.74 Å². The maximum atomic E-state index is 5.28. The van der Waals surface area contributed by atoms with Gasteiger partial charge in [-0.05, 0) is 24.7 Å². The van der Waals surface area contributed by atoms with Crippen LogP contribution in [-0.2, 0) is 4.74 Å². The van der Waals surface area contributed by atoms with Gasteiger partial charge in [0.1, 0.15) is 0 Å². The first-order valence-corrected chi connectivity index (χ1v) is 4.48. The fraction of sp³-hybridized carbons (Fsp3) is 1.00. The SMILES string of the molecule is CC1CCC([C@H]2CO2)CC1. The standard InChI is InChI=1S/C9H16O/c1-7-2-4-8(5-3-7)9-6-10-9/h7-9H,2-6H2,1H3/t7?,8?,9-/m1/s1. The van der Waals surface area contributed by atoms with Crippen molar-refractivity contribution in [2.75, 3.05) is 6.61 Å². The van der Waals surface area contributed by atoms with Gasteiger partial charge in [-0.25, -0.2) is 0 Å². The highest BCUT2D eigenvalue weighted by Gasteiger charge is 2.34. The van der Waals surface area contributed by atoms with Crippen molar-refractivity contribution < 1.29 is 4.74 Å². The molecule has 2 aliphatic rings. The molecule has 0 aromatic heterocycles. The molecular formula is C9H16O. The topological polar surface area (TPSA) is 12.5 Å². The summed E-state index contributed by atoms with van der Waals surface area (Å²) in [6.07, 6.45) is 6.39. The van der Waals surface area contributed by atoms with E-state index in [2.05, 4.69) is 6.92 Å². The molecule has 0 amide bonds. The molecule has 10 heavy (non-hydrogen) atoms. The van der Waals surface area contributed by atoms with Crippen LogP contribution in [0.15, 0.2) is 0 Å². The zero-order valence-corrected chi connectivity index (χ0v) is 6.68. The zero-order valence-electron chi connectivity index (χ0n) is 6.68. The lowest BCUT2D eigenvalue weighted by Gasteiger charge is -2.24. The monoisotopic (exact) mass is 140 g/mol. The maximum Gasteiger partial charge on any atom is 0.0838 e. The number of hydrogen-bond donors (Lipinski definition) is 0. The fourth-order valence-corrected chi connectivity index (χ4v) is 1.99. The summed E-state index contributed by atoms with van der Waals surface area (Å²) in [7, 11) is 0. The van der Waals surface area contributed by atoms with Crippen LogP contribution in [0.2, 0.25) is 0 Å². The molecule has 0 bridgehead atoms. The molecule has 0 N–H and O–H groups in total. The Hall–Kier alpha value is -0.0400. The molecule has 0 aromatic carbocycles. The van der Waals surface area contributed by atoms with Gasteiger partial charge in [-0.1, -0.05) is 19.8 Å². The van der Waals surface area contributed by atoms with Crippen LogP contribution < -0.4 is 0 Å². The second-order valence-corrected chi connectivity index (χ2v) is 3.89. The van der Waals surface area contributed by atoms with Crippen molar-refractivity contribution in [1.82, 2.24) is 0 Å². The van der Waals surface area contributed by atoms with Gasteiger partial charge in [0.25, 0.3) is 0 Å². The number of hydrogen-bond acceptors (Lipinski definition) is 1. The Labute approximate surface area is 62.8 Å². The van der Waals surface area contributed by atoms with Crippen LogP contribution in [0.25, 0.3) is 0 Å². The molecule has 1 aliphatic heterocycles. The normalized spacial score (nSPS) is 47.1. The largest absolute Gasteiger partial charge is 0.373 e. The molecule has 0 radical (unpaired) electrons. The Morgan fingerprint density at radius 2 is 1.70 bits per heavy atom. The van der Waals surface area contributed by atoms with E-state index >= 15 is 0 Å². The van der Waals surface area contributed by atoms with Crippen molar-refractivity contribution in [3.05, 3.63) is 0 Å². The van der Waals surface area contributed by atoms with E-state index in [1.54, 1.807) is 0 Å². The van der Waals surface area contributed by atoms with Crippen molar-refractivity contribution >= 4 is 0 Å². The molecular weight excluding hydrogens is 124 g/mol. The molecule has 2 rings (SSSR count). The van der Waals surface area contributed by atoms with E-state index in [1.165, 1.54) is 25.7 Å². The van der Waals surface area contributed by atoms with E-state index in [9.17, 15) is 0 Å². The van der Waals surface area contributed by atoms with Crippen molar-refractivity contribution in [2.24, 2.45) is 11.8 Å². The van der Waals surface area contributed by atoms with Gasteiger partial charge >= 0.3 is 0 Å². The quantitative estimate of drug-likeness (QED) is 0.509. The summed E-state index contributed by atoms with van der Waals surface area (Å²) < 4.78 is 5.28. The first-order valence-electron chi connectivity index (χ1n) is 4.48. The van der Waals surface area contributed by atoms with Crippen LogP contribution in [-0.4, -0.2) is 12.7 Å². The first kappa shape index (κ1) is 6.66. The third-order valence-corrected chi connectivity index (χ3v) is 2.95. The van der Waals surface area contributed by atoms with E-state index in [1.807, 2.05) is 0 Å². The average molecular weight is 140 g/mol. The first-order chi connectivity index (χ1) is 4.86. The van der Waals surface area contributed by atoms with Gasteiger partial charge in [-0.2, -0.15) is 0 Å². The highest BCUT2D eigenvalue weighted by Crippen LogP contribution is 2.35. The van der Waals surface area contributed by atoms with Crippen LogP contribution in [0.5, 0.6) is 0 Å². The summed E-state index contributed by atoms with van der Waals surface area (Å²) in [5, 5.41) is 0. The smallest absolute Gasteiger partial charge is 0.0838 e. The third-order valence-electron chi connectivity index (χ3n) is 2.95. The predicted molar refractivity (Wildman–Crippen MR) is 40.9 cm³/mol. The minimum Gasteiger partial charge on any atom is -0.373 e. The Bertz CT molecular complexity index is 110. The van der Waals surface area contributed by atoms with Crippen LogP contribution in [0.4, 0.5) is 0 Å². The molecule has 0 aromatic rings. The second-order valence-electron chi connectivity index (χ2n) is 3.89. The van der Waals surface area contributed by atoms with Crippen molar-refractivity contribution in [1.29, 1.82) is 0 Å². The van der Waals surface area contributed by atoms with Crippen molar-refractivity contribution in [2.45, 2.75) is 38.7 Å². The number of rotatable bonds is 1. The zero-order chi connectivity index (χ0) is 6.97. The highest BCUT2D eigenvalue weighted by atomic mass is 16.6. The molecule has 1 heteroatoms. The molecule has 1 nitrogen and oxygen atoms in total. The van der Waals surface area contributed by atoms with Gasteiger partial charge in [-0.3, -0.25) is 0 Å². The van der Waals surface area contributed by atoms with Crippen LogP contribution in [0.3, 0.4) is 0 Å². The summed E-state index contributed by atoms with van der Waals surface area (Å²) in [6, 6.07) is 0. The molecule has 0 unspecified atom stereocenters. The lowest BCUT2D eigenvalue weighted by Crippen LogP contribution is -2.16. The lowest BCUT2D eigenvalue weighted by atomic mass is 9.81. The van der Waals surface area contributed by atoms with Gasteiger partial charge in [0.2, 0.25) is 0 Å². The van der Waals surface area contributed by atoms with Gasteiger partial charge in [0.15, 0.2) is 0 Å². The Morgan fingerprint density at radius 3 is 2.20 bits per heavy atom. The number of ether oxygens (including phenoxy) is 1. The van der Waals surface area contributed by atoms with Gasteiger partial charge in [0, 0.05) is 0 Å². The van der Waals surface area contributed by atoms with Gasteiger partial charge < -0.3 is 4.74 Å². The molecule has 1 aliphatic carbocycles. The summed E-state index contributed by atoms with van der Waals surface area (Å²) in [5.74, 6) is 1.91. The van der Waals surface area contributed by atoms with E-state index in [0.717, 1.165) is 18.4 Å². The minimum atomic E-state index is 0.674. The molecule has 1 atom stereocenters. The van der Waals surface area contributed by atoms with E-state index in [0.29, 0.717) is 6.10 Å². The molecule has 58 valence electrons. The highest BCUT2D eigenvalue weighted by molar-refractivity contribution is 4.82. The molecule has 1 heterocycles. The Kier molecular flexibility index (Phi) is 1.69. The van der Waals surface area contributed by atoms with Gasteiger partial charge in [0.05, 0.1) is 12.7 Å². The van der Waals surface area contributed by atoms with Crippen LogP contribution >= 0.6 is 0 Å². The summed E-state index contributed by atoms with van der Waals surface area (Å²) in [5.41, 5.74) is 0. The molecule has 1 saturated heterocycles. The van der Waals surface area contributed by atoms with E-state index < -0.39 is 0 Å². The molecule has 2 fully saturated rings. The Balaban J connectivity index is 1.79. The van der Waals surface area contributed by atoms with E-state index in [-0.39, 0.29) is 0 Å². The summed E-state index contributed by atoms with van der Waals surface area (Å²) in [6.45, 7) is 3.42.